The average Bonchev–Trinajstić information content (AvgIpc) is 3.02. The maximum absolute atomic E-state index is 6.23. The molecule has 0 amide bonds. The van der Waals surface area contributed by atoms with Crippen LogP contribution in [-0.2, 0) is 13.0 Å². The fraction of sp³-hybridized carbons (Fsp3) is 0.600. The Labute approximate surface area is 118 Å². The van der Waals surface area contributed by atoms with E-state index in [1.165, 1.54) is 37.3 Å². The summed E-state index contributed by atoms with van der Waals surface area (Å²) >= 11 is 6.23. The van der Waals surface area contributed by atoms with E-state index in [9.17, 15) is 0 Å². The number of nitrogens with zero attached hydrogens (tertiary/aromatic N) is 1. The molecule has 1 aromatic rings. The van der Waals surface area contributed by atoms with Crippen LogP contribution >= 0.6 is 11.6 Å². The molecule has 0 aromatic heterocycles. The third-order valence-corrected chi connectivity index (χ3v) is 4.90. The Morgan fingerprint density at radius 2 is 2.05 bits per heavy atom. The highest BCUT2D eigenvalue weighted by molar-refractivity contribution is 6.30. The van der Waals surface area contributed by atoms with E-state index in [-0.39, 0.29) is 0 Å². The number of ether oxygens (including phenoxy) is 1. The summed E-state index contributed by atoms with van der Waals surface area (Å²) in [5.41, 5.74) is 2.55. The van der Waals surface area contributed by atoms with Crippen LogP contribution in [0.5, 0.6) is 5.75 Å². The molecule has 2 atom stereocenters. The van der Waals surface area contributed by atoms with Crippen molar-refractivity contribution < 1.29 is 4.74 Å². The maximum atomic E-state index is 6.23. The van der Waals surface area contributed by atoms with Crippen LogP contribution in [0, 0.1) is 11.8 Å². The first-order valence-electron chi connectivity index (χ1n) is 7.17. The van der Waals surface area contributed by atoms with Gasteiger partial charge in [-0.3, -0.25) is 4.90 Å². The first-order valence-corrected chi connectivity index (χ1v) is 7.54. The van der Waals surface area contributed by atoms with Gasteiger partial charge in [-0.2, -0.15) is 0 Å². The lowest BCUT2D eigenvalue weighted by molar-refractivity contribution is 0.294. The number of halogens is 1. The first-order chi connectivity index (χ1) is 9.29. The number of nitrogens with one attached hydrogen (secondary N) is 1. The summed E-state index contributed by atoms with van der Waals surface area (Å²) in [5.74, 6) is 2.78. The molecule has 3 aliphatic rings. The van der Waals surface area contributed by atoms with Crippen molar-refractivity contribution in [1.29, 1.82) is 0 Å². The van der Waals surface area contributed by atoms with Crippen molar-refractivity contribution in [3.63, 3.8) is 0 Å². The standard InChI is InChI=1S/C15H19ClN2O/c16-14-3-10-1-2-19-15(10)11(4-14)7-18-8-12-5-17-6-13(12)9-18/h3-4,12-13,17H,1-2,5-9H2. The lowest BCUT2D eigenvalue weighted by atomic mass is 10.0. The van der Waals surface area contributed by atoms with Gasteiger partial charge in [0.15, 0.2) is 0 Å². The van der Waals surface area contributed by atoms with Crippen LogP contribution in [0.15, 0.2) is 12.1 Å². The molecule has 0 spiro atoms. The van der Waals surface area contributed by atoms with E-state index in [4.69, 9.17) is 16.3 Å². The smallest absolute Gasteiger partial charge is 0.127 e. The van der Waals surface area contributed by atoms with Crippen molar-refractivity contribution in [1.82, 2.24) is 10.2 Å². The SMILES string of the molecule is Clc1cc2c(c(CN3CC4CNCC4C3)c1)OCC2. The van der Waals surface area contributed by atoms with E-state index in [1.807, 2.05) is 0 Å². The predicted octanol–water partition coefficient (Wildman–Crippen LogP) is 1.93. The minimum absolute atomic E-state index is 0.803. The van der Waals surface area contributed by atoms with Gasteiger partial charge in [0, 0.05) is 36.6 Å². The van der Waals surface area contributed by atoms with Gasteiger partial charge in [-0.15, -0.1) is 0 Å². The number of benzene rings is 1. The summed E-state index contributed by atoms with van der Waals surface area (Å²) in [4.78, 5) is 2.56. The predicted molar refractivity (Wildman–Crippen MR) is 75.8 cm³/mol. The molecule has 0 saturated carbocycles. The Balaban J connectivity index is 1.54. The van der Waals surface area contributed by atoms with E-state index in [0.717, 1.165) is 42.2 Å². The second kappa shape index (κ2) is 4.65. The third kappa shape index (κ3) is 2.14. The molecule has 3 aliphatic heterocycles. The van der Waals surface area contributed by atoms with Crippen LogP contribution < -0.4 is 10.1 Å². The number of rotatable bonds is 2. The Hall–Kier alpha value is -0.770. The Morgan fingerprint density at radius 3 is 2.84 bits per heavy atom. The molecule has 2 unspecified atom stereocenters. The van der Waals surface area contributed by atoms with E-state index < -0.39 is 0 Å². The molecule has 19 heavy (non-hydrogen) atoms. The molecule has 4 heteroatoms. The minimum atomic E-state index is 0.803. The second-order valence-electron chi connectivity index (χ2n) is 6.02. The molecule has 2 saturated heterocycles. The van der Waals surface area contributed by atoms with Gasteiger partial charge < -0.3 is 10.1 Å². The van der Waals surface area contributed by atoms with Crippen molar-refractivity contribution in [2.75, 3.05) is 32.8 Å². The molecule has 1 N–H and O–H groups in total. The maximum Gasteiger partial charge on any atom is 0.127 e. The summed E-state index contributed by atoms with van der Waals surface area (Å²) in [6.07, 6.45) is 0.998. The topological polar surface area (TPSA) is 24.5 Å². The molecule has 3 nitrogen and oxygen atoms in total. The van der Waals surface area contributed by atoms with Crippen LogP contribution in [0.2, 0.25) is 5.02 Å². The Bertz CT molecular complexity index is 493. The Kier molecular flexibility index (Phi) is 2.94. The number of likely N-dealkylation sites (tertiary alicyclic amines) is 1. The van der Waals surface area contributed by atoms with Gasteiger partial charge in [-0.25, -0.2) is 0 Å². The van der Waals surface area contributed by atoms with Gasteiger partial charge in [0.25, 0.3) is 0 Å². The first kappa shape index (κ1) is 12.0. The monoisotopic (exact) mass is 278 g/mol. The van der Waals surface area contributed by atoms with Gasteiger partial charge in [-0.05, 0) is 42.6 Å². The number of hydrogen-bond acceptors (Lipinski definition) is 3. The normalized spacial score (nSPS) is 29.3. The van der Waals surface area contributed by atoms with E-state index in [1.54, 1.807) is 0 Å². The largest absolute Gasteiger partial charge is 0.493 e. The van der Waals surface area contributed by atoms with E-state index in [0.29, 0.717) is 0 Å². The average molecular weight is 279 g/mol. The number of fused-ring (bicyclic) bond motifs is 2. The molecular weight excluding hydrogens is 260 g/mol. The van der Waals surface area contributed by atoms with Crippen molar-refractivity contribution >= 4 is 11.6 Å². The highest BCUT2D eigenvalue weighted by atomic mass is 35.5. The quantitative estimate of drug-likeness (QED) is 0.895. The van der Waals surface area contributed by atoms with E-state index >= 15 is 0 Å². The van der Waals surface area contributed by atoms with Gasteiger partial charge in [0.1, 0.15) is 5.75 Å². The number of hydrogen-bond donors (Lipinski definition) is 1. The molecule has 0 bridgehead atoms. The van der Waals surface area contributed by atoms with Gasteiger partial charge in [0.05, 0.1) is 6.61 Å². The summed E-state index contributed by atoms with van der Waals surface area (Å²) in [7, 11) is 0. The zero-order valence-electron chi connectivity index (χ0n) is 11.0. The van der Waals surface area contributed by atoms with Crippen LogP contribution in [0.4, 0.5) is 0 Å². The zero-order valence-corrected chi connectivity index (χ0v) is 11.7. The molecule has 0 radical (unpaired) electrons. The molecule has 102 valence electrons. The van der Waals surface area contributed by atoms with Crippen molar-refractivity contribution in [2.24, 2.45) is 11.8 Å². The zero-order chi connectivity index (χ0) is 12.8. The van der Waals surface area contributed by atoms with Crippen LogP contribution in [-0.4, -0.2) is 37.7 Å². The molecule has 0 aliphatic carbocycles. The van der Waals surface area contributed by atoms with Gasteiger partial charge in [-0.1, -0.05) is 11.6 Å². The highest BCUT2D eigenvalue weighted by Crippen LogP contribution is 2.35. The summed E-state index contributed by atoms with van der Waals surface area (Å²) in [5, 5.41) is 4.33. The summed E-state index contributed by atoms with van der Waals surface area (Å²) in [6, 6.07) is 4.13. The lowest BCUT2D eigenvalue weighted by Crippen LogP contribution is -2.25. The third-order valence-electron chi connectivity index (χ3n) is 4.68. The van der Waals surface area contributed by atoms with Gasteiger partial charge >= 0.3 is 0 Å². The molecule has 2 fully saturated rings. The lowest BCUT2D eigenvalue weighted by Gasteiger charge is -2.19. The van der Waals surface area contributed by atoms with Crippen LogP contribution in [0.25, 0.3) is 0 Å². The van der Waals surface area contributed by atoms with Crippen LogP contribution in [0.1, 0.15) is 11.1 Å². The fourth-order valence-corrected chi connectivity index (χ4v) is 4.05. The molecule has 1 aromatic carbocycles. The highest BCUT2D eigenvalue weighted by Gasteiger charge is 2.36. The molecule has 3 heterocycles. The molecular formula is C15H19ClN2O. The van der Waals surface area contributed by atoms with E-state index in [2.05, 4.69) is 22.3 Å². The molecule has 4 rings (SSSR count). The van der Waals surface area contributed by atoms with Crippen molar-refractivity contribution in [3.8, 4) is 5.75 Å². The fourth-order valence-electron chi connectivity index (χ4n) is 3.79. The van der Waals surface area contributed by atoms with Crippen molar-refractivity contribution in [3.05, 3.63) is 28.3 Å². The Morgan fingerprint density at radius 1 is 1.26 bits per heavy atom. The summed E-state index contributed by atoms with van der Waals surface area (Å²) in [6.45, 7) is 6.57. The van der Waals surface area contributed by atoms with Gasteiger partial charge in [0.2, 0.25) is 0 Å². The summed E-state index contributed by atoms with van der Waals surface area (Å²) < 4.78 is 5.79. The van der Waals surface area contributed by atoms with Crippen molar-refractivity contribution in [2.45, 2.75) is 13.0 Å². The van der Waals surface area contributed by atoms with Crippen LogP contribution in [0.3, 0.4) is 0 Å². The minimum Gasteiger partial charge on any atom is -0.493 e. The second-order valence-corrected chi connectivity index (χ2v) is 6.46.